The van der Waals surface area contributed by atoms with E-state index in [4.69, 9.17) is 8.85 Å². The van der Waals surface area contributed by atoms with Gasteiger partial charge in [-0.1, -0.05) is 48.5 Å². The first-order valence-corrected chi connectivity index (χ1v) is 6.80. The van der Waals surface area contributed by atoms with Crippen molar-refractivity contribution >= 4 is 18.0 Å². The van der Waals surface area contributed by atoms with Crippen molar-refractivity contribution in [2.24, 2.45) is 0 Å². The predicted octanol–water partition coefficient (Wildman–Crippen LogP) is 4.04. The van der Waals surface area contributed by atoms with Crippen LogP contribution in [0.2, 0.25) is 0 Å². The van der Waals surface area contributed by atoms with Gasteiger partial charge >= 0.3 is 0 Å². The molecule has 0 aromatic heterocycles. The molecule has 0 spiro atoms. The molecular weight excluding hydrogens is 282 g/mol. The number of hydrogen-bond acceptors (Lipinski definition) is 2. The summed E-state index contributed by atoms with van der Waals surface area (Å²) in [4.78, 5) is 0. The van der Waals surface area contributed by atoms with Gasteiger partial charge < -0.3 is 10.1 Å². The first-order chi connectivity index (χ1) is 11.0. The molecule has 1 aliphatic heterocycles. The van der Waals surface area contributed by atoms with Gasteiger partial charge in [-0.05, 0) is 42.7 Å². The maximum Gasteiger partial charge on any atom is 0.127 e. The van der Waals surface area contributed by atoms with Gasteiger partial charge in [0.15, 0.2) is 0 Å². The second kappa shape index (κ2) is 7.30. The Morgan fingerprint density at radius 2 is 1.90 bits per heavy atom. The first kappa shape index (κ1) is 11.8. The number of ether oxygens (including phenoxy) is 1. The molecule has 110 valence electrons. The highest BCUT2D eigenvalue weighted by Crippen LogP contribution is 2.36. The molecule has 2 aromatic rings. The molecule has 3 heteroatoms. The lowest BCUT2D eigenvalue weighted by atomic mass is 9.93. The summed E-state index contributed by atoms with van der Waals surface area (Å²) in [5.74, 6) is 0.860. The lowest BCUT2D eigenvalue weighted by Gasteiger charge is -2.10. The highest BCUT2D eigenvalue weighted by molar-refractivity contribution is 5.85. The Balaban J connectivity index is 0.00000208. The predicted molar refractivity (Wildman–Crippen MR) is 90.1 cm³/mol. The van der Waals surface area contributed by atoms with E-state index in [0.29, 0.717) is 19.6 Å². The van der Waals surface area contributed by atoms with Crippen LogP contribution in [0.5, 0.6) is 5.75 Å². The molecule has 3 rings (SSSR count). The third-order valence-electron chi connectivity index (χ3n) is 3.49. The summed E-state index contributed by atoms with van der Waals surface area (Å²) < 4.78 is 27.5. The lowest BCUT2D eigenvalue weighted by molar-refractivity contribution is 0.307. The summed E-state index contributed by atoms with van der Waals surface area (Å²) >= 11 is 0. The van der Waals surface area contributed by atoms with E-state index in [-0.39, 0.29) is 12.4 Å². The van der Waals surface area contributed by atoms with Crippen LogP contribution in [0.25, 0.3) is 5.57 Å². The molecular formula is C18H20ClNO. The molecule has 0 amide bonds. The fourth-order valence-corrected chi connectivity index (χ4v) is 2.53. The molecule has 21 heavy (non-hydrogen) atoms. The molecule has 1 heterocycles. The Bertz CT molecular complexity index is 679. The van der Waals surface area contributed by atoms with Crippen molar-refractivity contribution in [3.8, 4) is 5.75 Å². The standard InChI is InChI=1S/C18H19NO.ClH/c1-19-12-6-10-16-15-8-3-2-7-14(15)13-20-18-11-5-4-9-17(16)18;/h2-5,7-11,19H,6,12-13H2,1H3;1H/b16-10+;/i1D3;. The van der Waals surface area contributed by atoms with Crippen LogP contribution in [0.3, 0.4) is 0 Å². The molecule has 2 nitrogen and oxygen atoms in total. The first-order valence-electron chi connectivity index (χ1n) is 8.30. The summed E-state index contributed by atoms with van der Waals surface area (Å²) in [5, 5.41) is 2.55. The number of nitrogens with one attached hydrogen (secondary N) is 1. The van der Waals surface area contributed by atoms with Crippen LogP contribution < -0.4 is 10.1 Å². The maximum atomic E-state index is 7.21. The van der Waals surface area contributed by atoms with Crippen molar-refractivity contribution in [2.45, 2.75) is 13.0 Å². The van der Waals surface area contributed by atoms with E-state index in [2.05, 4.69) is 23.5 Å². The van der Waals surface area contributed by atoms with Crippen LogP contribution >= 0.6 is 12.4 Å². The van der Waals surface area contributed by atoms with E-state index < -0.39 is 6.98 Å². The molecule has 0 saturated carbocycles. The van der Waals surface area contributed by atoms with Gasteiger partial charge in [-0.15, -0.1) is 12.4 Å². The van der Waals surface area contributed by atoms with Crippen molar-refractivity contribution in [1.29, 1.82) is 0 Å². The number of hydrogen-bond donors (Lipinski definition) is 1. The summed E-state index contributed by atoms with van der Waals surface area (Å²) in [5.41, 5.74) is 4.43. The second-order valence-electron chi connectivity index (χ2n) is 4.78. The van der Waals surface area contributed by atoms with Gasteiger partial charge in [0.2, 0.25) is 0 Å². The molecule has 0 saturated heterocycles. The van der Waals surface area contributed by atoms with Gasteiger partial charge in [-0.3, -0.25) is 0 Å². The van der Waals surface area contributed by atoms with Crippen LogP contribution in [0.4, 0.5) is 0 Å². The number of benzene rings is 2. The third kappa shape index (κ3) is 3.29. The van der Waals surface area contributed by atoms with Crippen LogP contribution in [0.15, 0.2) is 54.6 Å². The van der Waals surface area contributed by atoms with Crippen LogP contribution in [0, 0.1) is 0 Å². The van der Waals surface area contributed by atoms with Crippen molar-refractivity contribution in [1.82, 2.24) is 5.32 Å². The molecule has 0 radical (unpaired) electrons. The smallest absolute Gasteiger partial charge is 0.127 e. The Hall–Kier alpha value is -1.77. The molecule has 1 N–H and O–H groups in total. The largest absolute Gasteiger partial charge is 0.488 e. The van der Waals surface area contributed by atoms with Gasteiger partial charge in [0.1, 0.15) is 12.4 Å². The molecule has 1 aliphatic rings. The van der Waals surface area contributed by atoms with Crippen molar-refractivity contribution in [3.63, 3.8) is 0 Å². The molecule has 0 atom stereocenters. The minimum absolute atomic E-state index is 0. The Morgan fingerprint density at radius 3 is 2.76 bits per heavy atom. The zero-order valence-electron chi connectivity index (χ0n) is 14.6. The fraction of sp³-hybridized carbons (Fsp3) is 0.222. The minimum Gasteiger partial charge on any atom is -0.488 e. The Labute approximate surface area is 136 Å². The lowest BCUT2D eigenvalue weighted by Crippen LogP contribution is -2.06. The van der Waals surface area contributed by atoms with E-state index in [1.54, 1.807) is 0 Å². The molecule has 2 aromatic carbocycles. The highest BCUT2D eigenvalue weighted by Gasteiger charge is 2.17. The summed E-state index contributed by atoms with van der Waals surface area (Å²) in [6.45, 7) is -1.15. The Morgan fingerprint density at radius 1 is 1.14 bits per heavy atom. The van der Waals surface area contributed by atoms with Crippen LogP contribution in [0.1, 0.15) is 27.2 Å². The fourth-order valence-electron chi connectivity index (χ4n) is 2.53. The van der Waals surface area contributed by atoms with Crippen molar-refractivity contribution in [2.75, 3.05) is 13.5 Å². The van der Waals surface area contributed by atoms with E-state index >= 15 is 0 Å². The molecule has 0 fully saturated rings. The minimum atomic E-state index is -2.10. The number of halogens is 1. The summed E-state index contributed by atoms with van der Waals surface area (Å²) in [6, 6.07) is 16.1. The van der Waals surface area contributed by atoms with Gasteiger partial charge in [0.05, 0.1) is 0 Å². The van der Waals surface area contributed by atoms with E-state index in [1.807, 2.05) is 36.4 Å². The van der Waals surface area contributed by atoms with Crippen molar-refractivity contribution < 1.29 is 8.85 Å². The van der Waals surface area contributed by atoms with Gasteiger partial charge in [-0.25, -0.2) is 0 Å². The number of para-hydroxylation sites is 1. The third-order valence-corrected chi connectivity index (χ3v) is 3.49. The number of fused-ring (bicyclic) bond motifs is 2. The normalized spacial score (nSPS) is 17.1. The van der Waals surface area contributed by atoms with Gasteiger partial charge in [0.25, 0.3) is 0 Å². The summed E-state index contributed by atoms with van der Waals surface area (Å²) in [6.07, 6.45) is 2.72. The number of rotatable bonds is 3. The van der Waals surface area contributed by atoms with E-state index in [9.17, 15) is 0 Å². The quantitative estimate of drug-likeness (QED) is 0.864. The zero-order chi connectivity index (χ0) is 16.3. The highest BCUT2D eigenvalue weighted by atomic mass is 35.5. The second-order valence-corrected chi connectivity index (χ2v) is 4.78. The SMILES string of the molecule is Cl.[2H]C([2H])([2H])NCC/C=C1\c2ccccc2COc2ccccc21. The van der Waals surface area contributed by atoms with Crippen LogP contribution in [-0.4, -0.2) is 13.5 Å². The van der Waals surface area contributed by atoms with Gasteiger partial charge in [0, 0.05) is 9.68 Å². The zero-order valence-corrected chi connectivity index (χ0v) is 12.5. The maximum absolute atomic E-state index is 7.21. The average molecular weight is 305 g/mol. The van der Waals surface area contributed by atoms with E-state index in [1.165, 1.54) is 0 Å². The topological polar surface area (TPSA) is 21.3 Å². The average Bonchev–Trinajstić information content (AvgIpc) is 2.68. The summed E-state index contributed by atoms with van der Waals surface area (Å²) in [7, 11) is 0. The Kier molecular flexibility index (Phi) is 4.12. The monoisotopic (exact) mass is 304 g/mol. The molecule has 0 unspecified atom stereocenters. The van der Waals surface area contributed by atoms with Gasteiger partial charge in [-0.2, -0.15) is 0 Å². The van der Waals surface area contributed by atoms with Crippen molar-refractivity contribution in [3.05, 3.63) is 71.3 Å². The molecule has 0 aliphatic carbocycles. The van der Waals surface area contributed by atoms with Crippen LogP contribution in [-0.2, 0) is 6.61 Å². The van der Waals surface area contributed by atoms with E-state index in [0.717, 1.165) is 28.0 Å². The molecule has 0 bridgehead atoms.